The summed E-state index contributed by atoms with van der Waals surface area (Å²) in [5.74, 6) is 1.14. The first-order valence-electron chi connectivity index (χ1n) is 42.6. The maximum Gasteiger partial charge on any atom is 0.282 e. The summed E-state index contributed by atoms with van der Waals surface area (Å²) in [5, 5.41) is 34.3. The summed E-state index contributed by atoms with van der Waals surface area (Å²) in [6, 6.07) is 24.1. The maximum atomic E-state index is 14.7. The van der Waals surface area contributed by atoms with E-state index in [1.807, 2.05) is 102 Å². The van der Waals surface area contributed by atoms with E-state index in [4.69, 9.17) is 5.73 Å². The lowest BCUT2D eigenvalue weighted by atomic mass is 10.1. The molecule has 4 saturated heterocycles. The standard InChI is InChI=1S/C26H30FN7O4.C23H23N7O2.C23H26N6O2.C22H23N5O3/c1-5-20(36)32-11-13-33(14-12-32)24-17-15-16(2)34(23-18(27)7-6-8-19(23)35)25(38)22(17)29-26(30-24)28-10-9-21(37)31(3)4;1-4-19(31)28-7-9-29(10-8-28)22-16-11-15(3)30(23(32)20(16)24-13-25-22)21-14(2)5-6-18-17(21)12-26-27-18;1-5-19(30)27-8-10-28(11-9-27)22-17-12-15(3)29(23(31)20(17)25-13-26-22)21-14(2)6-7-18(24)16(21)4;1-4-18(29)25-8-10-26(11-9-25)21-16-12-15(3)27(22(30)19(16)23-13-24-21)20-14(2)6-5-7-17(20)28/h5-8,15,35H,1,9-14H2,2-4H3,(H,28,29,30);4-6,11-13H,1,7-10H2,2-3H3,(H,26,27);5-7,12-13H,1,8-11,24H2,2-4H3;4-7,12-13,28H,1,8-11H2,2-3H3. The molecule has 13 heterocycles. The first-order valence-corrected chi connectivity index (χ1v) is 42.6. The van der Waals surface area contributed by atoms with Crippen LogP contribution in [0.5, 0.6) is 11.5 Å². The number of carbonyl (C=O) groups excluding carboxylic acids is 5. The largest absolute Gasteiger partial charge is 0.506 e. The van der Waals surface area contributed by atoms with Gasteiger partial charge in [0.1, 0.15) is 81.5 Å². The molecule has 6 N–H and O–H groups in total. The number of hydrogen-bond donors (Lipinski definition) is 5. The Balaban J connectivity index is 0.000000141. The van der Waals surface area contributed by atoms with Crippen LogP contribution < -0.4 is 52.9 Å². The van der Waals surface area contributed by atoms with Crippen LogP contribution in [-0.4, -0.2) is 258 Å². The van der Waals surface area contributed by atoms with E-state index >= 15 is 0 Å². The van der Waals surface area contributed by atoms with Gasteiger partial charge < -0.3 is 65.4 Å². The lowest BCUT2D eigenvalue weighted by Gasteiger charge is -2.35. The SMILES string of the molecule is C=CC(=O)N1CCN(c2nc(NCCC(=O)N(C)C)nc3c(=O)n(-c4c(O)cccc4F)c(C)cc23)CC1.C=CC(=O)N1CCN(c2ncnc3c(=O)n(-c4c(C)ccc(N)c4C)c(C)cc23)CC1.C=CC(=O)N1CCN(c2ncnc3c(=O)n(-c4c(C)ccc5[nH]ncc45)c(C)cc23)CC1.C=CC(=O)N1CCN(c2ncnc3c(=O)n(-c4c(C)cccc4O)c(C)cc23)CC1. The molecule has 0 bridgehead atoms. The molecule has 0 radical (unpaired) electrons. The van der Waals surface area contributed by atoms with Crippen molar-refractivity contribution in [1.82, 2.24) is 92.8 Å². The van der Waals surface area contributed by atoms with Gasteiger partial charge in [0, 0.05) is 166 Å². The molecule has 0 aliphatic carbocycles. The summed E-state index contributed by atoms with van der Waals surface area (Å²) < 4.78 is 20.7. The molecule has 4 aliphatic heterocycles. The number of hydrogen-bond acceptors (Lipinski definition) is 26. The summed E-state index contributed by atoms with van der Waals surface area (Å²) in [6.45, 7) is 38.4. The predicted octanol–water partition coefficient (Wildman–Crippen LogP) is 7.83. The van der Waals surface area contributed by atoms with E-state index in [9.17, 15) is 57.8 Å². The highest BCUT2D eigenvalue weighted by Gasteiger charge is 2.31. The second-order valence-corrected chi connectivity index (χ2v) is 32.3. The van der Waals surface area contributed by atoms with Gasteiger partial charge >= 0.3 is 0 Å². The molecule has 0 atom stereocenters. The van der Waals surface area contributed by atoms with Gasteiger partial charge in [-0.3, -0.25) is 66.5 Å². The zero-order chi connectivity index (χ0) is 93.7. The zero-order valence-corrected chi connectivity index (χ0v) is 74.6. The third kappa shape index (κ3) is 18.3. The Labute approximate surface area is 751 Å². The number of aromatic amines is 1. The highest BCUT2D eigenvalue weighted by atomic mass is 19.1. The molecule has 4 fully saturated rings. The molecule has 37 heteroatoms. The summed E-state index contributed by atoms with van der Waals surface area (Å²) in [6.07, 6.45) is 11.4. The lowest BCUT2D eigenvalue weighted by Crippen LogP contribution is -2.48. The number of fused-ring (bicyclic) bond motifs is 5. The fourth-order valence-electron chi connectivity index (χ4n) is 17.0. The summed E-state index contributed by atoms with van der Waals surface area (Å²) in [4.78, 5) is 166. The van der Waals surface area contributed by atoms with Gasteiger partial charge in [0.2, 0.25) is 35.5 Å². The number of piperazine rings is 4. The second kappa shape index (κ2) is 38.8. The molecule has 5 amide bonds. The first kappa shape index (κ1) is 91.4. The Hall–Kier alpha value is -15.9. The van der Waals surface area contributed by atoms with Crippen LogP contribution >= 0.6 is 0 Å². The van der Waals surface area contributed by atoms with Crippen LogP contribution in [0.2, 0.25) is 0 Å². The van der Waals surface area contributed by atoms with Crippen molar-refractivity contribution >= 4 is 119 Å². The molecule has 676 valence electrons. The molecule has 17 rings (SSSR count). The van der Waals surface area contributed by atoms with Crippen molar-refractivity contribution in [3.8, 4) is 34.2 Å². The van der Waals surface area contributed by atoms with Crippen LogP contribution in [0.25, 0.3) is 77.3 Å². The maximum absolute atomic E-state index is 14.7. The van der Waals surface area contributed by atoms with E-state index in [1.165, 1.54) is 64.9 Å². The first-order chi connectivity index (χ1) is 62.9. The van der Waals surface area contributed by atoms with Crippen molar-refractivity contribution in [3.05, 3.63) is 253 Å². The van der Waals surface area contributed by atoms with Crippen molar-refractivity contribution in [2.24, 2.45) is 0 Å². The number of nitrogens with one attached hydrogen (secondary N) is 2. The molecule has 36 nitrogen and oxygen atoms in total. The van der Waals surface area contributed by atoms with Gasteiger partial charge in [-0.2, -0.15) is 10.1 Å². The Morgan fingerprint density at radius 3 is 1.21 bits per heavy atom. The summed E-state index contributed by atoms with van der Waals surface area (Å²) in [7, 11) is 3.32. The van der Waals surface area contributed by atoms with Crippen molar-refractivity contribution < 1.29 is 38.6 Å². The number of nitrogens with zero attached hydrogens (tertiary/aromatic N) is 22. The van der Waals surface area contributed by atoms with E-state index in [-0.39, 0.29) is 93.3 Å². The fourth-order valence-corrected chi connectivity index (χ4v) is 17.0. The Morgan fingerprint density at radius 2 is 0.802 bits per heavy atom. The topological polar surface area (TPSA) is 413 Å². The predicted molar refractivity (Wildman–Crippen MR) is 504 cm³/mol. The number of amides is 5. The Kier molecular flexibility index (Phi) is 27.0. The number of pyridine rings is 4. The number of phenolic OH excluding ortho intramolecular Hbond substituents is 2. The Bertz CT molecular complexity index is 6970. The lowest BCUT2D eigenvalue weighted by molar-refractivity contribution is -0.128. The van der Waals surface area contributed by atoms with Crippen LogP contribution in [0.4, 0.5) is 39.3 Å². The molecule has 4 aromatic carbocycles. The molecule has 9 aromatic heterocycles. The van der Waals surface area contributed by atoms with Crippen LogP contribution in [0.15, 0.2) is 180 Å². The van der Waals surface area contributed by atoms with E-state index < -0.39 is 11.4 Å². The van der Waals surface area contributed by atoms with E-state index in [2.05, 4.69) is 96.4 Å². The van der Waals surface area contributed by atoms with Gasteiger partial charge in [-0.05, 0) is 157 Å². The highest BCUT2D eigenvalue weighted by molar-refractivity contribution is 5.96. The summed E-state index contributed by atoms with van der Waals surface area (Å²) >= 11 is 0. The number of rotatable bonds is 16. The van der Waals surface area contributed by atoms with Gasteiger partial charge in [0.05, 0.1) is 50.3 Å². The Morgan fingerprint density at radius 1 is 0.443 bits per heavy atom. The third-order valence-electron chi connectivity index (χ3n) is 23.9. The molecular formula is C94H102FN25O11. The number of carbonyl (C=O) groups is 5. The highest BCUT2D eigenvalue weighted by Crippen LogP contribution is 2.35. The number of nitrogens with two attached hydrogens (primary N) is 1. The number of benzene rings is 4. The van der Waals surface area contributed by atoms with Crippen LogP contribution in [-0.2, 0) is 24.0 Å². The van der Waals surface area contributed by atoms with Crippen LogP contribution in [0, 0.1) is 61.2 Å². The minimum atomic E-state index is -0.757. The molecule has 4 aliphatic rings. The van der Waals surface area contributed by atoms with Crippen molar-refractivity contribution in [3.63, 3.8) is 0 Å². The number of aromatic nitrogens is 14. The number of aryl methyl sites for hydroxylation is 7. The molecule has 0 spiro atoms. The zero-order valence-electron chi connectivity index (χ0n) is 74.6. The van der Waals surface area contributed by atoms with E-state index in [0.717, 1.165) is 66.6 Å². The minimum Gasteiger partial charge on any atom is -0.506 e. The number of aromatic hydroxyl groups is 2. The van der Waals surface area contributed by atoms with Crippen molar-refractivity contribution in [2.75, 3.05) is 156 Å². The van der Waals surface area contributed by atoms with Crippen LogP contribution in [0.1, 0.15) is 51.5 Å². The average molecular weight is 1780 g/mol. The molecule has 0 unspecified atom stereocenters. The second-order valence-electron chi connectivity index (χ2n) is 32.3. The average Bonchev–Trinajstić information content (AvgIpc) is 1.69. The van der Waals surface area contributed by atoms with E-state index in [1.54, 1.807) is 74.1 Å². The minimum absolute atomic E-state index is 0.0225. The van der Waals surface area contributed by atoms with Gasteiger partial charge in [-0.25, -0.2) is 39.3 Å². The van der Waals surface area contributed by atoms with Crippen molar-refractivity contribution in [1.29, 1.82) is 0 Å². The summed E-state index contributed by atoms with van der Waals surface area (Å²) in [5.41, 5.74) is 15.4. The number of para-hydroxylation sites is 2. The number of phenols is 2. The van der Waals surface area contributed by atoms with E-state index in [0.29, 0.717) is 183 Å². The molecular weight excluding hydrogens is 1670 g/mol. The van der Waals surface area contributed by atoms with Gasteiger partial charge in [0.25, 0.3) is 22.2 Å². The number of H-pyrrole nitrogens is 1. The molecule has 131 heavy (non-hydrogen) atoms. The monoisotopic (exact) mass is 1780 g/mol. The smallest absolute Gasteiger partial charge is 0.282 e. The number of nitrogen functional groups attached to an aromatic ring is 1. The van der Waals surface area contributed by atoms with Gasteiger partial charge in [-0.15, -0.1) is 0 Å². The van der Waals surface area contributed by atoms with Crippen molar-refractivity contribution in [2.45, 2.75) is 61.8 Å². The van der Waals surface area contributed by atoms with Gasteiger partial charge in [-0.1, -0.05) is 56.6 Å². The number of halogens is 1. The fraction of sp³-hybridized carbons (Fsp3) is 0.298. The van der Waals surface area contributed by atoms with Crippen LogP contribution in [0.3, 0.4) is 0 Å². The third-order valence-corrected chi connectivity index (χ3v) is 23.9. The molecule has 0 saturated carbocycles. The quantitative estimate of drug-likeness (QED) is 0.0454. The number of anilines is 6. The molecule has 13 aromatic rings. The van der Waals surface area contributed by atoms with Gasteiger partial charge in [0.15, 0.2) is 5.82 Å². The normalized spacial score (nSPS) is 14.0.